The number of carbonyl (C=O) groups is 1. The summed E-state index contributed by atoms with van der Waals surface area (Å²) in [4.78, 5) is 14.2. The molecular formula is C15H22N2O3. The lowest BCUT2D eigenvalue weighted by atomic mass is 10.1. The first-order valence-electron chi connectivity index (χ1n) is 6.94. The second-order valence-corrected chi connectivity index (χ2v) is 5.02. The Morgan fingerprint density at radius 3 is 2.80 bits per heavy atom. The molecule has 2 rings (SSSR count). The summed E-state index contributed by atoms with van der Waals surface area (Å²) in [5, 5.41) is 12.3. The number of carbonyl (C=O) groups excluding carboxylic acids is 1. The number of aliphatic hydroxyl groups is 1. The van der Waals surface area contributed by atoms with Crippen LogP contribution in [0.25, 0.3) is 0 Å². The lowest BCUT2D eigenvalue weighted by molar-refractivity contribution is -0.134. The van der Waals surface area contributed by atoms with Gasteiger partial charge in [-0.1, -0.05) is 30.3 Å². The monoisotopic (exact) mass is 278 g/mol. The van der Waals surface area contributed by atoms with Gasteiger partial charge in [0.2, 0.25) is 5.91 Å². The summed E-state index contributed by atoms with van der Waals surface area (Å²) in [7, 11) is 1.66. The molecule has 0 spiro atoms. The van der Waals surface area contributed by atoms with Crippen LogP contribution in [0.4, 0.5) is 0 Å². The van der Waals surface area contributed by atoms with Gasteiger partial charge < -0.3 is 20.1 Å². The van der Waals surface area contributed by atoms with Gasteiger partial charge in [-0.25, -0.2) is 0 Å². The van der Waals surface area contributed by atoms with Crippen LogP contribution in [0, 0.1) is 0 Å². The van der Waals surface area contributed by atoms with Crippen molar-refractivity contribution in [2.24, 2.45) is 0 Å². The molecule has 2 unspecified atom stereocenters. The molecule has 1 aliphatic rings. The Bertz CT molecular complexity index is 424. The number of nitrogens with one attached hydrogen (secondary N) is 1. The third-order valence-electron chi connectivity index (χ3n) is 3.62. The van der Waals surface area contributed by atoms with E-state index in [1.54, 1.807) is 12.0 Å². The van der Waals surface area contributed by atoms with Crippen molar-refractivity contribution in [1.29, 1.82) is 0 Å². The van der Waals surface area contributed by atoms with Crippen molar-refractivity contribution < 1.29 is 14.6 Å². The topological polar surface area (TPSA) is 61.8 Å². The number of hydrogen-bond acceptors (Lipinski definition) is 4. The van der Waals surface area contributed by atoms with Gasteiger partial charge >= 0.3 is 0 Å². The molecule has 1 heterocycles. The molecule has 5 nitrogen and oxygen atoms in total. The Morgan fingerprint density at radius 2 is 2.20 bits per heavy atom. The number of methoxy groups -OCH3 is 1. The largest absolute Gasteiger partial charge is 0.395 e. The molecule has 2 N–H and O–H groups in total. The zero-order chi connectivity index (χ0) is 14.4. The molecule has 1 amide bonds. The van der Waals surface area contributed by atoms with Gasteiger partial charge in [0.05, 0.1) is 18.8 Å². The van der Waals surface area contributed by atoms with Crippen LogP contribution in [0.1, 0.15) is 12.0 Å². The van der Waals surface area contributed by atoms with Gasteiger partial charge in [-0.15, -0.1) is 0 Å². The first-order valence-corrected chi connectivity index (χ1v) is 6.94. The van der Waals surface area contributed by atoms with E-state index in [4.69, 9.17) is 9.84 Å². The lowest BCUT2D eigenvalue weighted by Gasteiger charge is -2.25. The standard InChI is InChI=1S/C15H22N2O3/c1-20-13-9-14(16-10-13)15(19)17(7-8-18)11-12-5-3-2-4-6-12/h2-6,13-14,16,18H,7-11H2,1H3. The number of hydrogen-bond donors (Lipinski definition) is 2. The fourth-order valence-corrected chi connectivity index (χ4v) is 2.48. The predicted molar refractivity (Wildman–Crippen MR) is 76.1 cm³/mol. The Kier molecular flexibility index (Phi) is 5.52. The summed E-state index contributed by atoms with van der Waals surface area (Å²) in [5.74, 6) is 0.0300. The van der Waals surface area contributed by atoms with Crippen molar-refractivity contribution in [2.75, 3.05) is 26.8 Å². The smallest absolute Gasteiger partial charge is 0.240 e. The Balaban J connectivity index is 1.99. The minimum absolute atomic E-state index is 0.0288. The molecule has 5 heteroatoms. The van der Waals surface area contributed by atoms with Crippen LogP contribution in [0.15, 0.2) is 30.3 Å². The molecule has 2 atom stereocenters. The highest BCUT2D eigenvalue weighted by Crippen LogP contribution is 2.14. The maximum absolute atomic E-state index is 12.5. The zero-order valence-electron chi connectivity index (χ0n) is 11.8. The molecule has 110 valence electrons. The number of benzene rings is 1. The van der Waals surface area contributed by atoms with E-state index in [1.165, 1.54) is 0 Å². The molecule has 0 bridgehead atoms. The second-order valence-electron chi connectivity index (χ2n) is 5.02. The van der Waals surface area contributed by atoms with Gasteiger partial charge in [0, 0.05) is 26.7 Å². The Hall–Kier alpha value is -1.43. The molecule has 0 radical (unpaired) electrons. The molecule has 0 aliphatic carbocycles. The highest BCUT2D eigenvalue weighted by Gasteiger charge is 2.32. The molecule has 0 saturated carbocycles. The van der Waals surface area contributed by atoms with Gasteiger partial charge in [-0.05, 0) is 12.0 Å². The number of ether oxygens (including phenoxy) is 1. The van der Waals surface area contributed by atoms with Gasteiger partial charge in [0.15, 0.2) is 0 Å². The van der Waals surface area contributed by atoms with Crippen molar-refractivity contribution in [3.8, 4) is 0 Å². The summed E-state index contributed by atoms with van der Waals surface area (Å²) >= 11 is 0. The third-order valence-corrected chi connectivity index (χ3v) is 3.62. The minimum atomic E-state index is -0.213. The molecule has 20 heavy (non-hydrogen) atoms. The van der Waals surface area contributed by atoms with E-state index in [1.807, 2.05) is 30.3 Å². The molecule has 1 aliphatic heterocycles. The van der Waals surface area contributed by atoms with E-state index < -0.39 is 0 Å². The van der Waals surface area contributed by atoms with Crippen molar-refractivity contribution in [2.45, 2.75) is 25.1 Å². The van der Waals surface area contributed by atoms with E-state index in [0.29, 0.717) is 26.1 Å². The van der Waals surface area contributed by atoms with Crippen molar-refractivity contribution in [3.63, 3.8) is 0 Å². The Morgan fingerprint density at radius 1 is 1.45 bits per heavy atom. The van der Waals surface area contributed by atoms with Crippen LogP contribution in [0.5, 0.6) is 0 Å². The maximum Gasteiger partial charge on any atom is 0.240 e. The normalized spacial score (nSPS) is 21.9. The fourth-order valence-electron chi connectivity index (χ4n) is 2.48. The first-order chi connectivity index (χ1) is 9.74. The highest BCUT2D eigenvalue weighted by molar-refractivity contribution is 5.82. The van der Waals surface area contributed by atoms with E-state index >= 15 is 0 Å². The van der Waals surface area contributed by atoms with Crippen LogP contribution in [-0.2, 0) is 16.1 Å². The summed E-state index contributed by atoms with van der Waals surface area (Å²) in [6, 6.07) is 9.60. The average Bonchev–Trinajstić information content (AvgIpc) is 2.96. The molecular weight excluding hydrogens is 256 g/mol. The summed E-state index contributed by atoms with van der Waals surface area (Å²) in [6.07, 6.45) is 0.781. The molecule has 1 aromatic rings. The van der Waals surface area contributed by atoms with Gasteiger partial charge in [-0.3, -0.25) is 4.79 Å². The molecule has 1 fully saturated rings. The van der Waals surface area contributed by atoms with Crippen LogP contribution in [0.2, 0.25) is 0 Å². The Labute approximate surface area is 119 Å². The van der Waals surface area contributed by atoms with E-state index in [2.05, 4.69) is 5.32 Å². The lowest BCUT2D eigenvalue weighted by Crippen LogP contribution is -2.44. The van der Waals surface area contributed by atoms with Gasteiger partial charge in [-0.2, -0.15) is 0 Å². The predicted octanol–water partition coefficient (Wildman–Crippen LogP) is 0.384. The number of amides is 1. The van der Waals surface area contributed by atoms with Crippen molar-refractivity contribution >= 4 is 5.91 Å². The van der Waals surface area contributed by atoms with E-state index in [9.17, 15) is 4.79 Å². The fraction of sp³-hybridized carbons (Fsp3) is 0.533. The molecule has 1 saturated heterocycles. The van der Waals surface area contributed by atoms with Crippen LogP contribution in [0.3, 0.4) is 0 Å². The van der Waals surface area contributed by atoms with Crippen LogP contribution < -0.4 is 5.32 Å². The van der Waals surface area contributed by atoms with E-state index in [0.717, 1.165) is 5.56 Å². The van der Waals surface area contributed by atoms with Crippen LogP contribution in [-0.4, -0.2) is 54.9 Å². The molecule has 0 aromatic heterocycles. The van der Waals surface area contributed by atoms with Crippen LogP contribution >= 0.6 is 0 Å². The zero-order valence-corrected chi connectivity index (χ0v) is 11.8. The van der Waals surface area contributed by atoms with Crippen molar-refractivity contribution in [3.05, 3.63) is 35.9 Å². The number of nitrogens with zero attached hydrogens (tertiary/aromatic N) is 1. The first kappa shape index (κ1) is 15.0. The second kappa shape index (κ2) is 7.38. The molecule has 1 aromatic carbocycles. The summed E-state index contributed by atoms with van der Waals surface area (Å²) in [6.45, 7) is 1.55. The van der Waals surface area contributed by atoms with Gasteiger partial charge in [0.25, 0.3) is 0 Å². The maximum atomic E-state index is 12.5. The quantitative estimate of drug-likeness (QED) is 0.790. The SMILES string of the molecule is COC1CNC(C(=O)N(CCO)Cc2ccccc2)C1. The minimum Gasteiger partial charge on any atom is -0.395 e. The van der Waals surface area contributed by atoms with E-state index in [-0.39, 0.29) is 24.7 Å². The summed E-state index contributed by atoms with van der Waals surface area (Å²) in [5.41, 5.74) is 1.07. The van der Waals surface area contributed by atoms with Gasteiger partial charge in [0.1, 0.15) is 0 Å². The third kappa shape index (κ3) is 3.79. The summed E-state index contributed by atoms with van der Waals surface area (Å²) < 4.78 is 5.27. The average molecular weight is 278 g/mol. The highest BCUT2D eigenvalue weighted by atomic mass is 16.5. The number of aliphatic hydroxyl groups excluding tert-OH is 1. The van der Waals surface area contributed by atoms with Crippen molar-refractivity contribution in [1.82, 2.24) is 10.2 Å². The number of rotatable bonds is 6.